The van der Waals surface area contributed by atoms with Crippen molar-refractivity contribution in [2.75, 3.05) is 5.73 Å². The van der Waals surface area contributed by atoms with E-state index in [1.165, 1.54) is 18.4 Å². The second-order valence-corrected chi connectivity index (χ2v) is 4.23. The molecule has 0 aliphatic rings. The lowest BCUT2D eigenvalue weighted by Gasteiger charge is -2.01. The average molecular weight is 279 g/mol. The fourth-order valence-electron chi connectivity index (χ4n) is 1.86. The Hall–Kier alpha value is -2.27. The summed E-state index contributed by atoms with van der Waals surface area (Å²) in [6, 6.07) is 7.62. The normalized spacial score (nSPS) is 10.8. The average Bonchev–Trinajstić information content (AvgIpc) is 2.95. The zero-order chi connectivity index (χ0) is 13.4. The number of benzene rings is 1. The van der Waals surface area contributed by atoms with Crippen LogP contribution in [0.3, 0.4) is 0 Å². The van der Waals surface area contributed by atoms with Gasteiger partial charge in [0.25, 0.3) is 0 Å². The van der Waals surface area contributed by atoms with Gasteiger partial charge in [-0.1, -0.05) is 17.3 Å². The fraction of sp³-hybridized carbons (Fsp3) is 0. The van der Waals surface area contributed by atoms with Gasteiger partial charge in [-0.05, 0) is 35.4 Å². The quantitative estimate of drug-likeness (QED) is 0.770. The summed E-state index contributed by atoms with van der Waals surface area (Å²) in [7, 11) is 0. The van der Waals surface area contributed by atoms with Crippen LogP contribution in [0.4, 0.5) is 10.2 Å². The number of halogens is 2. The number of anilines is 1. The molecule has 0 aliphatic heterocycles. The highest BCUT2D eigenvalue weighted by Crippen LogP contribution is 2.39. The first kappa shape index (κ1) is 11.8. The Balaban J connectivity index is 2.22. The maximum Gasteiger partial charge on any atom is 0.204 e. The van der Waals surface area contributed by atoms with Crippen LogP contribution < -0.4 is 5.73 Å². The highest BCUT2D eigenvalue weighted by molar-refractivity contribution is 6.31. The zero-order valence-electron chi connectivity index (χ0n) is 9.56. The lowest BCUT2D eigenvalue weighted by Crippen LogP contribution is -1.89. The minimum absolute atomic E-state index is 0.161. The van der Waals surface area contributed by atoms with E-state index in [0.29, 0.717) is 22.5 Å². The molecule has 2 heterocycles. The van der Waals surface area contributed by atoms with E-state index in [2.05, 4.69) is 5.16 Å². The molecule has 0 unspecified atom stereocenters. The van der Waals surface area contributed by atoms with Crippen molar-refractivity contribution in [1.82, 2.24) is 5.16 Å². The van der Waals surface area contributed by atoms with Crippen molar-refractivity contribution < 1.29 is 13.3 Å². The topological polar surface area (TPSA) is 65.2 Å². The van der Waals surface area contributed by atoms with Gasteiger partial charge in [0.1, 0.15) is 5.82 Å². The van der Waals surface area contributed by atoms with Crippen molar-refractivity contribution in [3.05, 3.63) is 47.6 Å². The van der Waals surface area contributed by atoms with E-state index in [1.807, 2.05) is 0 Å². The van der Waals surface area contributed by atoms with E-state index in [1.54, 1.807) is 18.2 Å². The Morgan fingerprint density at radius 2 is 2.11 bits per heavy atom. The Morgan fingerprint density at radius 1 is 1.26 bits per heavy atom. The number of rotatable bonds is 2. The Labute approximate surface area is 112 Å². The number of nitrogen functional groups attached to an aromatic ring is 1. The van der Waals surface area contributed by atoms with Crippen LogP contribution in [0.15, 0.2) is 45.5 Å². The first-order valence-electron chi connectivity index (χ1n) is 5.41. The summed E-state index contributed by atoms with van der Waals surface area (Å²) in [5.41, 5.74) is 7.35. The second kappa shape index (κ2) is 4.44. The lowest BCUT2D eigenvalue weighted by atomic mass is 10.0. The van der Waals surface area contributed by atoms with Crippen LogP contribution in [-0.2, 0) is 0 Å². The number of nitrogens with zero attached hydrogens (tertiary/aromatic N) is 1. The molecule has 0 spiro atoms. The standard InChI is InChI=1S/C13H8ClFN2O2/c14-12-9(4-5-18-12)11-10(13(16)17-19-11)7-2-1-3-8(15)6-7/h1-6H,(H2,16,17). The van der Waals surface area contributed by atoms with Gasteiger partial charge < -0.3 is 14.7 Å². The van der Waals surface area contributed by atoms with Gasteiger partial charge in [-0.25, -0.2) is 4.39 Å². The minimum atomic E-state index is -0.373. The van der Waals surface area contributed by atoms with Crippen LogP contribution in [0.1, 0.15) is 0 Å². The maximum atomic E-state index is 13.3. The fourth-order valence-corrected chi connectivity index (χ4v) is 2.07. The van der Waals surface area contributed by atoms with Crippen molar-refractivity contribution in [3.8, 4) is 22.5 Å². The molecule has 0 saturated carbocycles. The van der Waals surface area contributed by atoms with Gasteiger partial charge in [-0.2, -0.15) is 0 Å². The lowest BCUT2D eigenvalue weighted by molar-refractivity contribution is 0.435. The van der Waals surface area contributed by atoms with Crippen molar-refractivity contribution in [2.45, 2.75) is 0 Å². The summed E-state index contributed by atoms with van der Waals surface area (Å²) in [4.78, 5) is 0. The van der Waals surface area contributed by atoms with Crippen molar-refractivity contribution in [2.24, 2.45) is 0 Å². The molecule has 0 fully saturated rings. The maximum absolute atomic E-state index is 13.3. The SMILES string of the molecule is Nc1noc(-c2ccoc2Cl)c1-c1cccc(F)c1. The van der Waals surface area contributed by atoms with Gasteiger partial charge in [-0.3, -0.25) is 0 Å². The highest BCUT2D eigenvalue weighted by atomic mass is 35.5. The smallest absolute Gasteiger partial charge is 0.204 e. The molecule has 19 heavy (non-hydrogen) atoms. The molecule has 0 atom stereocenters. The molecule has 2 aromatic heterocycles. The minimum Gasteiger partial charge on any atom is -0.452 e. The van der Waals surface area contributed by atoms with Crippen LogP contribution >= 0.6 is 11.6 Å². The van der Waals surface area contributed by atoms with E-state index in [0.717, 1.165) is 0 Å². The Bertz CT molecular complexity index is 736. The van der Waals surface area contributed by atoms with Crippen LogP contribution in [0, 0.1) is 5.82 Å². The number of hydrogen-bond donors (Lipinski definition) is 1. The zero-order valence-corrected chi connectivity index (χ0v) is 10.3. The molecular weight excluding hydrogens is 271 g/mol. The van der Waals surface area contributed by atoms with Gasteiger partial charge >= 0.3 is 0 Å². The second-order valence-electron chi connectivity index (χ2n) is 3.89. The van der Waals surface area contributed by atoms with Gasteiger partial charge in [-0.15, -0.1) is 0 Å². The predicted molar refractivity (Wildman–Crippen MR) is 69.0 cm³/mol. The van der Waals surface area contributed by atoms with Gasteiger partial charge in [0.2, 0.25) is 5.22 Å². The molecule has 3 aromatic rings. The molecule has 0 amide bonds. The molecule has 1 aromatic carbocycles. The molecule has 6 heteroatoms. The molecular formula is C13H8ClFN2O2. The van der Waals surface area contributed by atoms with Crippen LogP contribution in [0.5, 0.6) is 0 Å². The van der Waals surface area contributed by atoms with Crippen molar-refractivity contribution in [3.63, 3.8) is 0 Å². The molecule has 96 valence electrons. The predicted octanol–water partition coefficient (Wildman–Crippen LogP) is 3.98. The third-order valence-corrected chi connectivity index (χ3v) is 2.99. The first-order valence-corrected chi connectivity index (χ1v) is 5.79. The molecule has 4 nitrogen and oxygen atoms in total. The van der Waals surface area contributed by atoms with Crippen LogP contribution in [0.2, 0.25) is 5.22 Å². The first-order chi connectivity index (χ1) is 9.16. The molecule has 3 rings (SSSR count). The summed E-state index contributed by atoms with van der Waals surface area (Å²) in [5.74, 6) is 0.141. The molecule has 0 radical (unpaired) electrons. The van der Waals surface area contributed by atoms with E-state index in [-0.39, 0.29) is 16.9 Å². The molecule has 0 saturated heterocycles. The Morgan fingerprint density at radius 3 is 2.79 bits per heavy atom. The third kappa shape index (κ3) is 1.98. The third-order valence-electron chi connectivity index (χ3n) is 2.69. The van der Waals surface area contributed by atoms with Crippen molar-refractivity contribution in [1.29, 1.82) is 0 Å². The monoisotopic (exact) mass is 278 g/mol. The number of nitrogens with two attached hydrogens (primary N) is 1. The van der Waals surface area contributed by atoms with Crippen LogP contribution in [-0.4, -0.2) is 5.16 Å². The Kier molecular flexibility index (Phi) is 2.76. The number of hydrogen-bond acceptors (Lipinski definition) is 4. The van der Waals surface area contributed by atoms with Crippen molar-refractivity contribution >= 4 is 17.4 Å². The van der Waals surface area contributed by atoms with Crippen LogP contribution in [0.25, 0.3) is 22.5 Å². The van der Waals surface area contributed by atoms with Gasteiger partial charge in [0.15, 0.2) is 11.6 Å². The summed E-state index contributed by atoms with van der Waals surface area (Å²) in [6.07, 6.45) is 1.42. The summed E-state index contributed by atoms with van der Waals surface area (Å²) in [5, 5.41) is 3.86. The van der Waals surface area contributed by atoms with Gasteiger partial charge in [0, 0.05) is 0 Å². The molecule has 0 aliphatic carbocycles. The van der Waals surface area contributed by atoms with E-state index >= 15 is 0 Å². The molecule has 0 bridgehead atoms. The van der Waals surface area contributed by atoms with E-state index in [4.69, 9.17) is 26.3 Å². The summed E-state index contributed by atoms with van der Waals surface area (Å²) in [6.45, 7) is 0. The number of furan rings is 1. The van der Waals surface area contributed by atoms with Gasteiger partial charge in [0.05, 0.1) is 17.4 Å². The molecule has 2 N–H and O–H groups in total. The summed E-state index contributed by atoms with van der Waals surface area (Å²) >= 11 is 5.90. The van der Waals surface area contributed by atoms with E-state index < -0.39 is 0 Å². The largest absolute Gasteiger partial charge is 0.452 e. The van der Waals surface area contributed by atoms with E-state index in [9.17, 15) is 4.39 Å². The summed E-state index contributed by atoms with van der Waals surface area (Å²) < 4.78 is 23.5. The highest BCUT2D eigenvalue weighted by Gasteiger charge is 2.21. The number of aromatic nitrogens is 1.